The van der Waals surface area contributed by atoms with Gasteiger partial charge in [0.15, 0.2) is 0 Å². The molecule has 2 N–H and O–H groups in total. The predicted molar refractivity (Wildman–Crippen MR) is 128 cm³/mol. The highest BCUT2D eigenvalue weighted by Gasteiger charge is 2.21. The molecule has 2 aromatic rings. The summed E-state index contributed by atoms with van der Waals surface area (Å²) in [5.41, 5.74) is 5.77. The maximum atomic E-state index is 12.8. The van der Waals surface area contributed by atoms with Crippen molar-refractivity contribution in [2.75, 3.05) is 0 Å². The molecule has 32 heavy (non-hydrogen) atoms. The molecule has 0 saturated heterocycles. The smallest absolute Gasteiger partial charge is 0.394 e. The molecule has 2 aromatic carbocycles. The first-order valence-corrected chi connectivity index (χ1v) is 12.2. The van der Waals surface area contributed by atoms with Gasteiger partial charge in [0.1, 0.15) is 5.75 Å². The van der Waals surface area contributed by atoms with E-state index in [2.05, 4.69) is 65.0 Å². The lowest BCUT2D eigenvalue weighted by atomic mass is 9.92. The van der Waals surface area contributed by atoms with Crippen LogP contribution in [0.1, 0.15) is 80.7 Å². The molecule has 0 amide bonds. The van der Waals surface area contributed by atoms with Crippen LogP contribution in [0.4, 0.5) is 0 Å². The van der Waals surface area contributed by atoms with Crippen molar-refractivity contribution < 1.29 is 27.1 Å². The normalized spacial score (nSPS) is 13.2. The molecule has 178 valence electrons. The second kappa shape index (κ2) is 12.1. The van der Waals surface area contributed by atoms with Crippen LogP contribution in [0.15, 0.2) is 36.4 Å². The summed E-state index contributed by atoms with van der Waals surface area (Å²) in [6, 6.07) is 12.5. The molecule has 0 aliphatic carbocycles. The average molecular weight is 465 g/mol. The van der Waals surface area contributed by atoms with Gasteiger partial charge < -0.3 is 4.74 Å². The molecular weight excluding hydrogens is 428 g/mol. The fourth-order valence-electron chi connectivity index (χ4n) is 3.61. The molecular formula is C25H36O6S. The number of rotatable bonds is 7. The summed E-state index contributed by atoms with van der Waals surface area (Å²) in [6.45, 7) is 14.8. The first-order chi connectivity index (χ1) is 14.7. The highest BCUT2D eigenvalue weighted by atomic mass is 32.3. The lowest BCUT2D eigenvalue weighted by molar-refractivity contribution is -0.135. The van der Waals surface area contributed by atoms with E-state index >= 15 is 0 Å². The lowest BCUT2D eigenvalue weighted by Crippen LogP contribution is -2.18. The number of aryl methyl sites for hydroxylation is 2. The van der Waals surface area contributed by atoms with Gasteiger partial charge in [0.25, 0.3) is 0 Å². The number of benzene rings is 2. The molecule has 2 rings (SSSR count). The minimum atomic E-state index is -4.67. The summed E-state index contributed by atoms with van der Waals surface area (Å²) in [6.07, 6.45) is 2.07. The molecule has 0 spiro atoms. The summed E-state index contributed by atoms with van der Waals surface area (Å²) in [5.74, 6) is 1.22. The van der Waals surface area contributed by atoms with Crippen LogP contribution in [0, 0.1) is 19.8 Å². The zero-order valence-electron chi connectivity index (χ0n) is 20.0. The zero-order chi connectivity index (χ0) is 24.6. The van der Waals surface area contributed by atoms with Crippen LogP contribution in [0.25, 0.3) is 0 Å². The van der Waals surface area contributed by atoms with Gasteiger partial charge in [0, 0.05) is 5.56 Å². The maximum absolute atomic E-state index is 12.8. The molecule has 0 bridgehead atoms. The Morgan fingerprint density at radius 3 is 2.00 bits per heavy atom. The van der Waals surface area contributed by atoms with E-state index in [0.717, 1.165) is 35.3 Å². The third-order valence-electron chi connectivity index (χ3n) is 5.29. The third-order valence-corrected chi connectivity index (χ3v) is 5.29. The fraction of sp³-hybridized carbons (Fsp3) is 0.480. The van der Waals surface area contributed by atoms with Crippen molar-refractivity contribution in [2.24, 2.45) is 5.92 Å². The molecule has 0 aliphatic heterocycles. The second-order valence-electron chi connectivity index (χ2n) is 8.73. The minimum Gasteiger partial charge on any atom is -0.426 e. The van der Waals surface area contributed by atoms with E-state index < -0.39 is 10.4 Å². The van der Waals surface area contributed by atoms with Gasteiger partial charge in [0.2, 0.25) is 0 Å². The Labute approximate surface area is 192 Å². The van der Waals surface area contributed by atoms with Gasteiger partial charge in [0.05, 0.1) is 5.92 Å². The second-order valence-corrected chi connectivity index (χ2v) is 9.63. The van der Waals surface area contributed by atoms with E-state index in [-0.39, 0.29) is 11.9 Å². The molecule has 2 atom stereocenters. The number of esters is 1. The Kier molecular flexibility index (Phi) is 10.5. The summed E-state index contributed by atoms with van der Waals surface area (Å²) in [5, 5.41) is 0. The third kappa shape index (κ3) is 9.51. The summed E-state index contributed by atoms with van der Waals surface area (Å²) in [4.78, 5) is 12.8. The van der Waals surface area contributed by atoms with Crippen molar-refractivity contribution in [3.05, 3.63) is 64.2 Å². The Morgan fingerprint density at radius 2 is 1.53 bits per heavy atom. The molecule has 0 saturated carbocycles. The van der Waals surface area contributed by atoms with Crippen LogP contribution in [0.3, 0.4) is 0 Å². The van der Waals surface area contributed by atoms with Crippen LogP contribution >= 0.6 is 0 Å². The maximum Gasteiger partial charge on any atom is 0.394 e. The molecule has 0 fully saturated rings. The predicted octanol–water partition coefficient (Wildman–Crippen LogP) is 6.07. The molecule has 0 aromatic heterocycles. The van der Waals surface area contributed by atoms with Crippen molar-refractivity contribution in [1.29, 1.82) is 0 Å². The van der Waals surface area contributed by atoms with Gasteiger partial charge >= 0.3 is 16.4 Å². The standard InChI is InChI=1S/C25H34O2.H2O4S/c1-8-18(5)24-19(6)14-17(4)15-23(24)27-25(26)20(7)22-11-9-21(10-12-22)13-16(2)3;1-5(2,3)4/h9-12,14-16,18,20H,8,13H2,1-7H3;(H2,1,2,3,4). The number of carbonyl (C=O) groups excluding carboxylic acids is 1. The molecule has 0 heterocycles. The van der Waals surface area contributed by atoms with E-state index in [9.17, 15) is 4.79 Å². The van der Waals surface area contributed by atoms with Crippen LogP contribution in [0.5, 0.6) is 5.75 Å². The zero-order valence-corrected chi connectivity index (χ0v) is 20.9. The fourth-order valence-corrected chi connectivity index (χ4v) is 3.61. The van der Waals surface area contributed by atoms with Gasteiger partial charge in [-0.25, -0.2) is 0 Å². The topological polar surface area (TPSA) is 101 Å². The largest absolute Gasteiger partial charge is 0.426 e. The van der Waals surface area contributed by atoms with E-state index in [1.54, 1.807) is 0 Å². The summed E-state index contributed by atoms with van der Waals surface area (Å²) < 4.78 is 37.5. The highest BCUT2D eigenvalue weighted by molar-refractivity contribution is 7.79. The van der Waals surface area contributed by atoms with E-state index in [1.165, 1.54) is 11.1 Å². The minimum absolute atomic E-state index is 0.193. The SMILES string of the molecule is CCC(C)c1c(C)cc(C)cc1OC(=O)C(C)c1ccc(CC(C)C)cc1.O=S(=O)(O)O. The number of ether oxygens (including phenoxy) is 1. The molecule has 0 aliphatic rings. The van der Waals surface area contributed by atoms with Crippen molar-refractivity contribution in [1.82, 2.24) is 0 Å². The molecule has 7 heteroatoms. The van der Waals surface area contributed by atoms with Crippen LogP contribution in [0.2, 0.25) is 0 Å². The van der Waals surface area contributed by atoms with Gasteiger partial charge in [-0.05, 0) is 73.8 Å². The van der Waals surface area contributed by atoms with Crippen LogP contribution < -0.4 is 4.74 Å². The van der Waals surface area contributed by atoms with Crippen molar-refractivity contribution in [3.63, 3.8) is 0 Å². The van der Waals surface area contributed by atoms with Crippen molar-refractivity contribution >= 4 is 16.4 Å². The van der Waals surface area contributed by atoms with E-state index in [1.807, 2.05) is 19.9 Å². The van der Waals surface area contributed by atoms with Crippen LogP contribution in [-0.2, 0) is 21.6 Å². The summed E-state index contributed by atoms with van der Waals surface area (Å²) in [7, 11) is -4.67. The lowest BCUT2D eigenvalue weighted by Gasteiger charge is -2.20. The van der Waals surface area contributed by atoms with E-state index in [0.29, 0.717) is 11.8 Å². The Hall–Kier alpha value is -2.22. The van der Waals surface area contributed by atoms with E-state index in [4.69, 9.17) is 22.3 Å². The average Bonchev–Trinajstić information content (AvgIpc) is 2.65. The Bertz CT molecular complexity index is 986. The van der Waals surface area contributed by atoms with Gasteiger partial charge in [-0.3, -0.25) is 13.9 Å². The number of hydrogen-bond donors (Lipinski definition) is 2. The quantitative estimate of drug-likeness (QED) is 0.293. The van der Waals surface area contributed by atoms with Crippen LogP contribution in [-0.4, -0.2) is 23.5 Å². The number of carbonyl (C=O) groups is 1. The van der Waals surface area contributed by atoms with Gasteiger partial charge in [-0.2, -0.15) is 8.42 Å². The molecule has 6 nitrogen and oxygen atoms in total. The van der Waals surface area contributed by atoms with Crippen molar-refractivity contribution in [3.8, 4) is 5.75 Å². The Morgan fingerprint density at radius 1 is 1.00 bits per heavy atom. The van der Waals surface area contributed by atoms with Gasteiger partial charge in [-0.15, -0.1) is 0 Å². The molecule has 0 radical (unpaired) electrons. The Balaban J connectivity index is 0.000000920. The highest BCUT2D eigenvalue weighted by Crippen LogP contribution is 2.34. The monoisotopic (exact) mass is 464 g/mol. The summed E-state index contributed by atoms with van der Waals surface area (Å²) >= 11 is 0. The van der Waals surface area contributed by atoms with Gasteiger partial charge in [-0.1, -0.05) is 58.0 Å². The first-order valence-electron chi connectivity index (χ1n) is 10.8. The molecule has 2 unspecified atom stereocenters. The number of hydrogen-bond acceptors (Lipinski definition) is 4. The van der Waals surface area contributed by atoms with Crippen molar-refractivity contribution in [2.45, 2.75) is 73.1 Å². The first kappa shape index (κ1) is 27.8.